The van der Waals surface area contributed by atoms with Crippen LogP contribution in [0.15, 0.2) is 18.2 Å². The highest BCUT2D eigenvalue weighted by Crippen LogP contribution is 2.22. The molecule has 94 valence electrons. The monoisotopic (exact) mass is 242 g/mol. The van der Waals surface area contributed by atoms with Gasteiger partial charge in [0, 0.05) is 24.5 Å². The van der Waals surface area contributed by atoms with E-state index >= 15 is 0 Å². The van der Waals surface area contributed by atoms with Crippen LogP contribution in [-0.4, -0.2) is 24.4 Å². The SMILES string of the molecule is OC(Cc1c(F)cccc1F)C1CCCOC1. The Morgan fingerprint density at radius 3 is 2.65 bits per heavy atom. The largest absolute Gasteiger partial charge is 0.392 e. The van der Waals surface area contributed by atoms with Gasteiger partial charge in [-0.2, -0.15) is 0 Å². The molecule has 1 saturated heterocycles. The molecule has 0 spiro atoms. The van der Waals surface area contributed by atoms with Crippen LogP contribution < -0.4 is 0 Å². The Bertz CT molecular complexity index is 355. The van der Waals surface area contributed by atoms with E-state index in [0.717, 1.165) is 12.8 Å². The summed E-state index contributed by atoms with van der Waals surface area (Å²) in [5.74, 6) is -1.22. The first kappa shape index (κ1) is 12.5. The topological polar surface area (TPSA) is 29.5 Å². The Balaban J connectivity index is 2.04. The van der Waals surface area contributed by atoms with Gasteiger partial charge in [-0.15, -0.1) is 0 Å². The molecule has 1 aromatic rings. The summed E-state index contributed by atoms with van der Waals surface area (Å²) in [6.07, 6.45) is 0.993. The minimum atomic E-state index is -0.748. The molecule has 1 N–H and O–H groups in total. The second-order valence-corrected chi connectivity index (χ2v) is 4.45. The molecule has 2 atom stereocenters. The highest BCUT2D eigenvalue weighted by Gasteiger charge is 2.24. The number of hydrogen-bond acceptors (Lipinski definition) is 2. The van der Waals surface area contributed by atoms with Crippen molar-refractivity contribution in [3.8, 4) is 0 Å². The molecule has 2 unspecified atom stereocenters. The average molecular weight is 242 g/mol. The number of hydrogen-bond donors (Lipinski definition) is 1. The van der Waals surface area contributed by atoms with Crippen LogP contribution in [0.3, 0.4) is 0 Å². The van der Waals surface area contributed by atoms with E-state index in [9.17, 15) is 13.9 Å². The third-order valence-corrected chi connectivity index (χ3v) is 3.21. The zero-order chi connectivity index (χ0) is 12.3. The van der Waals surface area contributed by atoms with Crippen LogP contribution in [-0.2, 0) is 11.2 Å². The van der Waals surface area contributed by atoms with Gasteiger partial charge in [-0.3, -0.25) is 0 Å². The first-order valence-electron chi connectivity index (χ1n) is 5.87. The van der Waals surface area contributed by atoms with Gasteiger partial charge in [0.05, 0.1) is 12.7 Å². The van der Waals surface area contributed by atoms with Crippen molar-refractivity contribution in [1.82, 2.24) is 0 Å². The van der Waals surface area contributed by atoms with E-state index in [-0.39, 0.29) is 17.9 Å². The smallest absolute Gasteiger partial charge is 0.129 e. The van der Waals surface area contributed by atoms with Crippen LogP contribution in [0.4, 0.5) is 8.78 Å². The van der Waals surface area contributed by atoms with Gasteiger partial charge >= 0.3 is 0 Å². The second kappa shape index (κ2) is 5.56. The van der Waals surface area contributed by atoms with Crippen LogP contribution in [0, 0.1) is 17.6 Å². The maximum Gasteiger partial charge on any atom is 0.129 e. The van der Waals surface area contributed by atoms with Crippen LogP contribution in [0.5, 0.6) is 0 Å². The van der Waals surface area contributed by atoms with Gasteiger partial charge in [0.15, 0.2) is 0 Å². The van der Waals surface area contributed by atoms with E-state index in [0.29, 0.717) is 13.2 Å². The predicted molar refractivity (Wildman–Crippen MR) is 59.6 cm³/mol. The lowest BCUT2D eigenvalue weighted by Crippen LogP contribution is -2.31. The molecule has 0 aromatic heterocycles. The lowest BCUT2D eigenvalue weighted by molar-refractivity contribution is -0.00902. The quantitative estimate of drug-likeness (QED) is 0.881. The van der Waals surface area contributed by atoms with E-state index in [1.807, 2.05) is 0 Å². The van der Waals surface area contributed by atoms with E-state index < -0.39 is 17.7 Å². The van der Waals surface area contributed by atoms with E-state index in [4.69, 9.17) is 4.74 Å². The molecule has 17 heavy (non-hydrogen) atoms. The molecule has 1 fully saturated rings. The summed E-state index contributed by atoms with van der Waals surface area (Å²) >= 11 is 0. The molecule has 1 aliphatic heterocycles. The van der Waals surface area contributed by atoms with Gasteiger partial charge in [0.1, 0.15) is 11.6 Å². The fourth-order valence-electron chi connectivity index (χ4n) is 2.17. The third kappa shape index (κ3) is 3.01. The van der Waals surface area contributed by atoms with Gasteiger partial charge in [-0.05, 0) is 25.0 Å². The molecular weight excluding hydrogens is 226 g/mol. The van der Waals surface area contributed by atoms with Crippen LogP contribution in [0.2, 0.25) is 0 Å². The van der Waals surface area contributed by atoms with Crippen molar-refractivity contribution in [1.29, 1.82) is 0 Å². The molecule has 2 nitrogen and oxygen atoms in total. The Labute approximate surface area is 99.2 Å². The van der Waals surface area contributed by atoms with Gasteiger partial charge in [-0.1, -0.05) is 6.07 Å². The number of rotatable bonds is 3. The molecule has 2 rings (SSSR count). The fraction of sp³-hybridized carbons (Fsp3) is 0.538. The first-order valence-corrected chi connectivity index (χ1v) is 5.87. The first-order chi connectivity index (χ1) is 8.18. The fourth-order valence-corrected chi connectivity index (χ4v) is 2.17. The minimum absolute atomic E-state index is 0.00648. The zero-order valence-corrected chi connectivity index (χ0v) is 9.53. The van der Waals surface area contributed by atoms with Crippen LogP contribution >= 0.6 is 0 Å². The Morgan fingerprint density at radius 2 is 2.06 bits per heavy atom. The predicted octanol–water partition coefficient (Wildman–Crippen LogP) is 2.29. The van der Waals surface area contributed by atoms with Gasteiger partial charge in [-0.25, -0.2) is 8.78 Å². The lowest BCUT2D eigenvalue weighted by atomic mass is 9.91. The molecule has 0 amide bonds. The number of aliphatic hydroxyl groups excluding tert-OH is 1. The van der Waals surface area contributed by atoms with Crippen molar-refractivity contribution >= 4 is 0 Å². The summed E-state index contributed by atoms with van der Waals surface area (Å²) in [7, 11) is 0. The summed E-state index contributed by atoms with van der Waals surface area (Å²) in [6, 6.07) is 3.75. The highest BCUT2D eigenvalue weighted by molar-refractivity contribution is 5.20. The Morgan fingerprint density at radius 1 is 1.35 bits per heavy atom. The molecule has 1 heterocycles. The van der Waals surface area contributed by atoms with E-state index in [1.165, 1.54) is 18.2 Å². The molecular formula is C13H16F2O2. The highest BCUT2D eigenvalue weighted by atomic mass is 19.1. The molecule has 1 aromatic carbocycles. The van der Waals surface area contributed by atoms with Crippen molar-refractivity contribution in [2.45, 2.75) is 25.4 Å². The molecule has 4 heteroatoms. The van der Waals surface area contributed by atoms with Crippen molar-refractivity contribution in [2.24, 2.45) is 5.92 Å². The van der Waals surface area contributed by atoms with Gasteiger partial charge in [0.25, 0.3) is 0 Å². The second-order valence-electron chi connectivity index (χ2n) is 4.45. The number of ether oxygens (including phenoxy) is 1. The summed E-state index contributed by atoms with van der Waals surface area (Å²) in [5.41, 5.74) is -0.0365. The molecule has 1 aliphatic rings. The summed E-state index contributed by atoms with van der Waals surface area (Å²) in [5, 5.41) is 9.96. The van der Waals surface area contributed by atoms with E-state index in [2.05, 4.69) is 0 Å². The Kier molecular flexibility index (Phi) is 4.07. The van der Waals surface area contributed by atoms with Crippen LogP contribution in [0.1, 0.15) is 18.4 Å². The number of benzene rings is 1. The van der Waals surface area contributed by atoms with Crippen molar-refractivity contribution in [3.63, 3.8) is 0 Å². The van der Waals surface area contributed by atoms with Crippen molar-refractivity contribution < 1.29 is 18.6 Å². The summed E-state index contributed by atoms with van der Waals surface area (Å²) in [6.45, 7) is 1.18. The van der Waals surface area contributed by atoms with E-state index in [1.54, 1.807) is 0 Å². The van der Waals surface area contributed by atoms with Crippen molar-refractivity contribution in [2.75, 3.05) is 13.2 Å². The Hall–Kier alpha value is -1.00. The number of aliphatic hydroxyl groups is 1. The zero-order valence-electron chi connectivity index (χ0n) is 9.53. The van der Waals surface area contributed by atoms with Gasteiger partial charge in [0.2, 0.25) is 0 Å². The summed E-state index contributed by atoms with van der Waals surface area (Å²) in [4.78, 5) is 0. The normalized spacial score (nSPS) is 22.4. The molecule has 0 radical (unpaired) electrons. The molecule has 0 saturated carbocycles. The molecule has 0 bridgehead atoms. The maximum atomic E-state index is 13.4. The van der Waals surface area contributed by atoms with Gasteiger partial charge < -0.3 is 9.84 Å². The molecule has 0 aliphatic carbocycles. The number of halogens is 2. The minimum Gasteiger partial charge on any atom is -0.392 e. The third-order valence-electron chi connectivity index (χ3n) is 3.21. The lowest BCUT2D eigenvalue weighted by Gasteiger charge is -2.26. The average Bonchev–Trinajstić information content (AvgIpc) is 2.35. The maximum absolute atomic E-state index is 13.4. The summed E-state index contributed by atoms with van der Waals surface area (Å²) < 4.78 is 32.0. The van der Waals surface area contributed by atoms with Crippen molar-refractivity contribution in [3.05, 3.63) is 35.4 Å². The standard InChI is InChI=1S/C13H16F2O2/c14-11-4-1-5-12(15)10(11)7-13(16)9-3-2-6-17-8-9/h1,4-5,9,13,16H,2-3,6-8H2. The van der Waals surface area contributed by atoms with Crippen LogP contribution in [0.25, 0.3) is 0 Å².